The Bertz CT molecular complexity index is 445. The van der Waals surface area contributed by atoms with Gasteiger partial charge in [-0.15, -0.1) is 0 Å². The monoisotopic (exact) mass is 239 g/mol. The maximum absolute atomic E-state index is 13.2. The van der Waals surface area contributed by atoms with Gasteiger partial charge in [0.15, 0.2) is 17.6 Å². The van der Waals surface area contributed by atoms with Gasteiger partial charge in [-0.25, -0.2) is 8.78 Å². The van der Waals surface area contributed by atoms with Gasteiger partial charge in [0.2, 0.25) is 0 Å². The van der Waals surface area contributed by atoms with Gasteiger partial charge >= 0.3 is 0 Å². The second kappa shape index (κ2) is 4.69. The smallest absolute Gasteiger partial charge is 0.191 e. The van der Waals surface area contributed by atoms with Crippen molar-refractivity contribution in [2.75, 3.05) is 13.1 Å². The van der Waals surface area contributed by atoms with Gasteiger partial charge in [-0.2, -0.15) is 0 Å². The summed E-state index contributed by atoms with van der Waals surface area (Å²) in [7, 11) is 0. The lowest BCUT2D eigenvalue weighted by molar-refractivity contribution is 0.345. The standard InChI is InChI=1S/C12H15F2N3/c1-2-5-17-11(7-16-12(17)15)8-3-4-9(13)10(14)6-8/h3-4,6,11H,2,5,7H2,1H3,(H2,15,16). The van der Waals surface area contributed by atoms with Crippen molar-refractivity contribution in [2.45, 2.75) is 19.4 Å². The Balaban J connectivity index is 2.25. The Kier molecular flexibility index (Phi) is 3.26. The fraction of sp³-hybridized carbons (Fsp3) is 0.417. The van der Waals surface area contributed by atoms with E-state index in [0.29, 0.717) is 18.1 Å². The molecule has 1 aliphatic heterocycles. The molecule has 0 saturated heterocycles. The van der Waals surface area contributed by atoms with E-state index < -0.39 is 11.6 Å². The summed E-state index contributed by atoms with van der Waals surface area (Å²) in [5, 5.41) is 0. The summed E-state index contributed by atoms with van der Waals surface area (Å²) in [6.45, 7) is 3.30. The molecule has 17 heavy (non-hydrogen) atoms. The van der Waals surface area contributed by atoms with Crippen molar-refractivity contribution in [3.63, 3.8) is 0 Å². The quantitative estimate of drug-likeness (QED) is 0.877. The molecule has 92 valence electrons. The highest BCUT2D eigenvalue weighted by atomic mass is 19.2. The zero-order valence-corrected chi connectivity index (χ0v) is 9.66. The molecule has 1 atom stereocenters. The number of hydrogen-bond acceptors (Lipinski definition) is 3. The fourth-order valence-electron chi connectivity index (χ4n) is 2.05. The minimum absolute atomic E-state index is 0.0787. The average molecular weight is 239 g/mol. The summed E-state index contributed by atoms with van der Waals surface area (Å²) in [5.41, 5.74) is 6.48. The Morgan fingerprint density at radius 3 is 2.82 bits per heavy atom. The van der Waals surface area contributed by atoms with Crippen LogP contribution in [0.15, 0.2) is 23.2 Å². The molecular weight excluding hydrogens is 224 g/mol. The molecule has 3 nitrogen and oxygen atoms in total. The SMILES string of the molecule is CCCN1C(N)=NCC1c1ccc(F)c(F)c1. The Labute approximate surface area is 98.9 Å². The van der Waals surface area contributed by atoms with E-state index in [2.05, 4.69) is 4.99 Å². The van der Waals surface area contributed by atoms with Crippen molar-refractivity contribution in [3.8, 4) is 0 Å². The number of aliphatic imine (C=N–C) groups is 1. The molecule has 0 radical (unpaired) electrons. The van der Waals surface area contributed by atoms with Crippen molar-refractivity contribution in [1.29, 1.82) is 0 Å². The largest absolute Gasteiger partial charge is 0.370 e. The summed E-state index contributed by atoms with van der Waals surface area (Å²) in [4.78, 5) is 6.07. The van der Waals surface area contributed by atoms with Crippen LogP contribution in [-0.2, 0) is 0 Å². The number of guanidine groups is 1. The van der Waals surface area contributed by atoms with Crippen LogP contribution in [-0.4, -0.2) is 23.9 Å². The number of halogens is 2. The van der Waals surface area contributed by atoms with Gasteiger partial charge in [0.05, 0.1) is 12.6 Å². The summed E-state index contributed by atoms with van der Waals surface area (Å²) in [6, 6.07) is 3.87. The molecule has 2 N–H and O–H groups in total. The summed E-state index contributed by atoms with van der Waals surface area (Å²) < 4.78 is 26.0. The van der Waals surface area contributed by atoms with Crippen molar-refractivity contribution in [3.05, 3.63) is 35.4 Å². The predicted octanol–water partition coefficient (Wildman–Crippen LogP) is 2.05. The number of hydrogen-bond donors (Lipinski definition) is 1. The lowest BCUT2D eigenvalue weighted by Gasteiger charge is -2.26. The highest BCUT2D eigenvalue weighted by Gasteiger charge is 2.27. The van der Waals surface area contributed by atoms with Crippen molar-refractivity contribution >= 4 is 5.96 Å². The zero-order chi connectivity index (χ0) is 12.4. The highest BCUT2D eigenvalue weighted by molar-refractivity contribution is 5.80. The van der Waals surface area contributed by atoms with E-state index in [9.17, 15) is 8.78 Å². The molecule has 0 aliphatic carbocycles. The van der Waals surface area contributed by atoms with Gasteiger partial charge < -0.3 is 10.6 Å². The molecule has 5 heteroatoms. The first-order valence-electron chi connectivity index (χ1n) is 5.65. The number of nitrogens with zero attached hydrogens (tertiary/aromatic N) is 2. The molecule has 0 amide bonds. The molecule has 0 saturated carbocycles. The molecule has 1 aliphatic rings. The van der Waals surface area contributed by atoms with Crippen molar-refractivity contribution in [1.82, 2.24) is 4.90 Å². The normalized spacial score (nSPS) is 19.6. The van der Waals surface area contributed by atoms with Gasteiger partial charge in [0.1, 0.15) is 0 Å². The first-order chi connectivity index (χ1) is 8.13. The van der Waals surface area contributed by atoms with Crippen LogP contribution < -0.4 is 5.73 Å². The second-order valence-electron chi connectivity index (χ2n) is 4.08. The Morgan fingerprint density at radius 2 is 2.18 bits per heavy atom. The summed E-state index contributed by atoms with van der Waals surface area (Å²) in [5.74, 6) is -1.19. The van der Waals surface area contributed by atoms with Crippen LogP contribution in [0.4, 0.5) is 8.78 Å². The fourth-order valence-corrected chi connectivity index (χ4v) is 2.05. The first kappa shape index (κ1) is 11.8. The van der Waals surface area contributed by atoms with E-state index >= 15 is 0 Å². The van der Waals surface area contributed by atoms with E-state index in [1.807, 2.05) is 11.8 Å². The molecule has 1 unspecified atom stereocenters. The minimum Gasteiger partial charge on any atom is -0.370 e. The Morgan fingerprint density at radius 1 is 1.41 bits per heavy atom. The van der Waals surface area contributed by atoms with E-state index in [1.165, 1.54) is 6.07 Å². The molecule has 0 spiro atoms. The maximum atomic E-state index is 13.2. The third-order valence-electron chi connectivity index (χ3n) is 2.89. The molecular formula is C12H15F2N3. The van der Waals surface area contributed by atoms with Gasteiger partial charge in [-0.1, -0.05) is 13.0 Å². The number of rotatable bonds is 3. The van der Waals surface area contributed by atoms with E-state index in [4.69, 9.17) is 5.73 Å². The van der Waals surface area contributed by atoms with E-state index in [-0.39, 0.29) is 6.04 Å². The third kappa shape index (κ3) is 2.23. The third-order valence-corrected chi connectivity index (χ3v) is 2.89. The average Bonchev–Trinajstić information content (AvgIpc) is 2.66. The van der Waals surface area contributed by atoms with Crippen LogP contribution >= 0.6 is 0 Å². The van der Waals surface area contributed by atoms with Crippen LogP contribution in [0.25, 0.3) is 0 Å². The lowest BCUT2D eigenvalue weighted by Crippen LogP contribution is -2.36. The number of nitrogens with two attached hydrogens (primary N) is 1. The zero-order valence-electron chi connectivity index (χ0n) is 9.66. The van der Waals surface area contributed by atoms with Gasteiger partial charge in [-0.3, -0.25) is 4.99 Å². The lowest BCUT2D eigenvalue weighted by atomic mass is 10.1. The van der Waals surface area contributed by atoms with E-state index in [0.717, 1.165) is 19.0 Å². The van der Waals surface area contributed by atoms with Crippen LogP contribution in [0.3, 0.4) is 0 Å². The summed E-state index contributed by atoms with van der Waals surface area (Å²) in [6.07, 6.45) is 0.927. The second-order valence-corrected chi connectivity index (χ2v) is 4.08. The van der Waals surface area contributed by atoms with Crippen molar-refractivity contribution in [2.24, 2.45) is 10.7 Å². The van der Waals surface area contributed by atoms with Crippen LogP contribution in [0, 0.1) is 11.6 Å². The predicted molar refractivity (Wildman–Crippen MR) is 62.6 cm³/mol. The molecule has 1 aromatic rings. The topological polar surface area (TPSA) is 41.6 Å². The van der Waals surface area contributed by atoms with Crippen molar-refractivity contribution < 1.29 is 8.78 Å². The Hall–Kier alpha value is -1.65. The van der Waals surface area contributed by atoms with Gasteiger partial charge in [-0.05, 0) is 24.1 Å². The molecule has 0 bridgehead atoms. The molecule has 2 rings (SSSR count). The van der Waals surface area contributed by atoms with E-state index in [1.54, 1.807) is 6.07 Å². The van der Waals surface area contributed by atoms with Gasteiger partial charge in [0.25, 0.3) is 0 Å². The molecule has 0 fully saturated rings. The molecule has 1 heterocycles. The molecule has 0 aromatic heterocycles. The summed E-state index contributed by atoms with van der Waals surface area (Å²) >= 11 is 0. The van der Waals surface area contributed by atoms with Gasteiger partial charge in [0, 0.05) is 6.54 Å². The first-order valence-corrected chi connectivity index (χ1v) is 5.65. The highest BCUT2D eigenvalue weighted by Crippen LogP contribution is 2.26. The molecule has 1 aromatic carbocycles. The van der Waals surface area contributed by atoms with Crippen LogP contribution in [0.2, 0.25) is 0 Å². The minimum atomic E-state index is -0.831. The number of benzene rings is 1. The van der Waals surface area contributed by atoms with Crippen LogP contribution in [0.5, 0.6) is 0 Å². The van der Waals surface area contributed by atoms with Crippen LogP contribution in [0.1, 0.15) is 24.9 Å². The maximum Gasteiger partial charge on any atom is 0.191 e.